The summed E-state index contributed by atoms with van der Waals surface area (Å²) in [6.45, 7) is 6.94. The molecule has 5 rings (SSSR count). The van der Waals surface area contributed by atoms with Crippen LogP contribution >= 0.6 is 62.1 Å². The summed E-state index contributed by atoms with van der Waals surface area (Å²) in [5.74, 6) is 0.801. The quantitative estimate of drug-likeness (QED) is 0.179. The van der Waals surface area contributed by atoms with E-state index in [1.807, 2.05) is 39.0 Å². The zero-order chi connectivity index (χ0) is 32.4. The van der Waals surface area contributed by atoms with Gasteiger partial charge in [-0.15, -0.1) is 0 Å². The number of rotatable bonds is 9. The predicted molar refractivity (Wildman–Crippen MR) is 185 cm³/mol. The van der Waals surface area contributed by atoms with Crippen LogP contribution in [0, 0.1) is 0 Å². The molecular formula is C33H29BrCl3N3O4S. The molecule has 2 heterocycles. The van der Waals surface area contributed by atoms with Gasteiger partial charge < -0.3 is 14.4 Å². The minimum absolute atomic E-state index is 0.153. The maximum atomic E-state index is 14.1. The van der Waals surface area contributed by atoms with Gasteiger partial charge in [0.25, 0.3) is 11.5 Å². The van der Waals surface area contributed by atoms with E-state index in [4.69, 9.17) is 49.3 Å². The van der Waals surface area contributed by atoms with Gasteiger partial charge in [0.2, 0.25) is 0 Å². The highest BCUT2D eigenvalue weighted by molar-refractivity contribution is 9.10. The van der Waals surface area contributed by atoms with Gasteiger partial charge in [-0.3, -0.25) is 14.2 Å². The van der Waals surface area contributed by atoms with Crippen molar-refractivity contribution < 1.29 is 14.3 Å². The Balaban J connectivity index is 1.58. The van der Waals surface area contributed by atoms with E-state index in [0.717, 1.165) is 11.1 Å². The van der Waals surface area contributed by atoms with Gasteiger partial charge in [0, 0.05) is 33.7 Å². The fourth-order valence-electron chi connectivity index (χ4n) is 5.14. The summed E-state index contributed by atoms with van der Waals surface area (Å²) in [6.07, 6.45) is 1.78. The number of nitrogens with zero attached hydrogens (tertiary/aromatic N) is 3. The molecule has 45 heavy (non-hydrogen) atoms. The van der Waals surface area contributed by atoms with E-state index in [2.05, 4.69) is 15.9 Å². The maximum Gasteiger partial charge on any atom is 0.271 e. The number of amides is 1. The van der Waals surface area contributed by atoms with Crippen LogP contribution in [-0.2, 0) is 11.4 Å². The van der Waals surface area contributed by atoms with Gasteiger partial charge >= 0.3 is 0 Å². The molecule has 0 saturated carbocycles. The Kier molecular flexibility index (Phi) is 10.5. The topological polar surface area (TPSA) is 73.1 Å². The molecule has 7 nitrogen and oxygen atoms in total. The number of fused-ring (bicyclic) bond motifs is 1. The molecule has 1 atom stereocenters. The van der Waals surface area contributed by atoms with Crippen LogP contribution in [0.4, 0.5) is 0 Å². The number of ether oxygens (including phenoxy) is 2. The first-order valence-corrected chi connectivity index (χ1v) is 16.8. The van der Waals surface area contributed by atoms with Gasteiger partial charge in [-0.1, -0.05) is 64.3 Å². The second-order valence-electron chi connectivity index (χ2n) is 10.2. The molecule has 12 heteroatoms. The number of halogens is 4. The van der Waals surface area contributed by atoms with Crippen molar-refractivity contribution in [3.05, 3.63) is 122 Å². The first-order chi connectivity index (χ1) is 21.6. The molecule has 0 N–H and O–H groups in total. The third-order valence-electron chi connectivity index (χ3n) is 7.43. The molecular weight excluding hydrogens is 721 g/mol. The SMILES string of the molecule is CCN(CC)C(=O)C1=C(C)N=c2s/c(=C/c3cc(Br)c(OCc4ccc(Cl)cc4Cl)c(OC)c3)c(=O)n2[C@H]1c1ccc(Cl)cc1. The Hall–Kier alpha value is -3.08. The Morgan fingerprint density at radius 1 is 1.07 bits per heavy atom. The zero-order valence-electron chi connectivity index (χ0n) is 24.9. The number of methoxy groups -OCH3 is 1. The molecule has 0 fully saturated rings. The van der Waals surface area contributed by atoms with Gasteiger partial charge in [-0.25, -0.2) is 4.99 Å². The fourth-order valence-corrected chi connectivity index (χ4v) is 7.35. The van der Waals surface area contributed by atoms with Crippen LogP contribution in [0.5, 0.6) is 11.5 Å². The molecule has 3 aromatic carbocycles. The Labute approximate surface area is 288 Å². The number of aromatic nitrogens is 1. The van der Waals surface area contributed by atoms with Crippen LogP contribution in [0.25, 0.3) is 6.08 Å². The van der Waals surface area contributed by atoms with Crippen molar-refractivity contribution in [3.63, 3.8) is 0 Å². The molecule has 1 aliphatic heterocycles. The van der Waals surface area contributed by atoms with Crippen molar-refractivity contribution >= 4 is 74.1 Å². The lowest BCUT2D eigenvalue weighted by Crippen LogP contribution is -2.43. The smallest absolute Gasteiger partial charge is 0.271 e. The largest absolute Gasteiger partial charge is 0.493 e. The summed E-state index contributed by atoms with van der Waals surface area (Å²) >= 11 is 23.4. The molecule has 234 valence electrons. The first kappa shape index (κ1) is 33.3. The molecule has 0 unspecified atom stereocenters. The molecule has 0 bridgehead atoms. The van der Waals surface area contributed by atoms with E-state index in [1.165, 1.54) is 11.3 Å². The summed E-state index contributed by atoms with van der Waals surface area (Å²) in [5, 5.41) is 1.60. The number of benzene rings is 3. The van der Waals surface area contributed by atoms with E-state index in [1.54, 1.807) is 59.1 Å². The number of carbonyl (C=O) groups excluding carboxylic acids is 1. The number of hydrogen-bond donors (Lipinski definition) is 0. The highest BCUT2D eigenvalue weighted by Crippen LogP contribution is 2.38. The summed E-state index contributed by atoms with van der Waals surface area (Å²) in [6, 6.07) is 15.4. The molecule has 1 amide bonds. The lowest BCUT2D eigenvalue weighted by molar-refractivity contribution is -0.127. The van der Waals surface area contributed by atoms with Crippen LogP contribution in [0.2, 0.25) is 15.1 Å². The Morgan fingerprint density at radius 3 is 2.40 bits per heavy atom. The minimum atomic E-state index is -0.662. The number of likely N-dealkylation sites (N-methyl/N-ethyl adjacent to an activating group) is 1. The molecule has 0 radical (unpaired) electrons. The lowest BCUT2D eigenvalue weighted by atomic mass is 9.94. The number of allylic oxidation sites excluding steroid dienone is 1. The predicted octanol–water partition coefficient (Wildman–Crippen LogP) is 7.41. The normalized spacial score (nSPS) is 14.7. The minimum Gasteiger partial charge on any atom is -0.493 e. The average molecular weight is 750 g/mol. The lowest BCUT2D eigenvalue weighted by Gasteiger charge is -2.29. The summed E-state index contributed by atoms with van der Waals surface area (Å²) in [7, 11) is 1.55. The molecule has 0 aliphatic carbocycles. The van der Waals surface area contributed by atoms with Crippen molar-refractivity contribution in [2.24, 2.45) is 4.99 Å². The number of carbonyl (C=O) groups is 1. The Morgan fingerprint density at radius 2 is 1.76 bits per heavy atom. The van der Waals surface area contributed by atoms with Crippen molar-refractivity contribution in [1.82, 2.24) is 9.47 Å². The molecule has 1 aliphatic rings. The van der Waals surface area contributed by atoms with Crippen LogP contribution in [0.3, 0.4) is 0 Å². The van der Waals surface area contributed by atoms with E-state index < -0.39 is 6.04 Å². The molecule has 4 aromatic rings. The van der Waals surface area contributed by atoms with Crippen molar-refractivity contribution in [3.8, 4) is 11.5 Å². The second-order valence-corrected chi connectivity index (χ2v) is 13.3. The number of hydrogen-bond acceptors (Lipinski definition) is 6. The van der Waals surface area contributed by atoms with Crippen LogP contribution in [0.1, 0.15) is 43.5 Å². The molecule has 1 aromatic heterocycles. The molecule has 0 saturated heterocycles. The van der Waals surface area contributed by atoms with E-state index in [9.17, 15) is 9.59 Å². The number of thiazole rings is 1. The fraction of sp³-hybridized carbons (Fsp3) is 0.242. The van der Waals surface area contributed by atoms with Gasteiger partial charge in [-0.2, -0.15) is 0 Å². The van der Waals surface area contributed by atoms with Crippen molar-refractivity contribution in [2.75, 3.05) is 20.2 Å². The van der Waals surface area contributed by atoms with E-state index in [-0.39, 0.29) is 18.1 Å². The summed E-state index contributed by atoms with van der Waals surface area (Å²) in [4.78, 5) is 34.9. The average Bonchev–Trinajstić information content (AvgIpc) is 3.31. The van der Waals surface area contributed by atoms with Crippen LogP contribution in [0.15, 0.2) is 80.1 Å². The summed E-state index contributed by atoms with van der Waals surface area (Å²) in [5.41, 5.74) is 3.02. The Bertz CT molecular complexity index is 1990. The highest BCUT2D eigenvalue weighted by atomic mass is 79.9. The molecule has 0 spiro atoms. The van der Waals surface area contributed by atoms with E-state index in [0.29, 0.717) is 70.3 Å². The monoisotopic (exact) mass is 747 g/mol. The van der Waals surface area contributed by atoms with E-state index >= 15 is 0 Å². The van der Waals surface area contributed by atoms with Crippen LogP contribution < -0.4 is 24.4 Å². The first-order valence-electron chi connectivity index (χ1n) is 14.1. The zero-order valence-corrected chi connectivity index (χ0v) is 29.5. The standard InChI is InChI=1S/C33H29BrCl3N3O4S/c1-5-39(6-2)32(42)28-18(3)38-33-40(29(28)20-7-10-22(35)11-8-20)31(41)27(45-33)15-19-13-24(34)30(26(14-19)43-4)44-17-21-9-12-23(36)16-25(21)37/h7-16,29H,5-6,17H2,1-4H3/b27-15+/t29-/m0/s1. The maximum absolute atomic E-state index is 14.1. The van der Waals surface area contributed by atoms with Gasteiger partial charge in [0.1, 0.15) is 6.61 Å². The summed E-state index contributed by atoms with van der Waals surface area (Å²) < 4.78 is 14.4. The van der Waals surface area contributed by atoms with Crippen LogP contribution in [-0.4, -0.2) is 35.6 Å². The van der Waals surface area contributed by atoms with Gasteiger partial charge in [-0.05, 0) is 90.3 Å². The van der Waals surface area contributed by atoms with Crippen molar-refractivity contribution in [1.29, 1.82) is 0 Å². The third-order valence-corrected chi connectivity index (χ3v) is 9.84. The highest BCUT2D eigenvalue weighted by Gasteiger charge is 2.34. The van der Waals surface area contributed by atoms with Gasteiger partial charge in [0.15, 0.2) is 16.3 Å². The second kappa shape index (κ2) is 14.1. The van der Waals surface area contributed by atoms with Gasteiger partial charge in [0.05, 0.1) is 33.4 Å². The third kappa shape index (κ3) is 6.88. The van der Waals surface area contributed by atoms with Crippen molar-refractivity contribution in [2.45, 2.75) is 33.4 Å².